The molecule has 0 N–H and O–H groups in total. The Balaban J connectivity index is 1.66. The molecule has 0 saturated carbocycles. The Morgan fingerprint density at radius 2 is 1.74 bits per heavy atom. The number of hydrogen-bond donors (Lipinski definition) is 0. The molecule has 1 aliphatic heterocycles. The lowest BCUT2D eigenvalue weighted by molar-refractivity contribution is -0.137. The van der Waals surface area contributed by atoms with Gasteiger partial charge >= 0.3 is 6.18 Å². The Bertz CT molecular complexity index is 1050. The Labute approximate surface area is 182 Å². The van der Waals surface area contributed by atoms with E-state index in [2.05, 4.69) is 10.2 Å². The van der Waals surface area contributed by atoms with Gasteiger partial charge in [0.25, 0.3) is 0 Å². The lowest BCUT2D eigenvalue weighted by atomic mass is 10.1. The lowest BCUT2D eigenvalue weighted by Crippen LogP contribution is -2.29. The van der Waals surface area contributed by atoms with Crippen LogP contribution in [0.4, 0.5) is 13.2 Å². The summed E-state index contributed by atoms with van der Waals surface area (Å²) in [6.07, 6.45) is -2.05. The van der Waals surface area contributed by atoms with E-state index in [4.69, 9.17) is 0 Å². The van der Waals surface area contributed by atoms with Crippen molar-refractivity contribution in [1.29, 1.82) is 0 Å². The van der Waals surface area contributed by atoms with Crippen LogP contribution in [-0.2, 0) is 17.4 Å². The van der Waals surface area contributed by atoms with Gasteiger partial charge in [0.05, 0.1) is 17.0 Å². The van der Waals surface area contributed by atoms with Gasteiger partial charge in [-0.3, -0.25) is 9.36 Å². The fourth-order valence-electron chi connectivity index (χ4n) is 3.55. The van der Waals surface area contributed by atoms with Crippen LogP contribution in [-0.4, -0.2) is 44.4 Å². The molecule has 1 fully saturated rings. The normalized spacial score (nSPS) is 14.2. The van der Waals surface area contributed by atoms with Gasteiger partial charge in [0.1, 0.15) is 5.82 Å². The summed E-state index contributed by atoms with van der Waals surface area (Å²) in [6.45, 7) is 1.50. The molecule has 1 amide bonds. The SMILES string of the molecule is O=C(CSc1nnc(Cc2ccccc2)n1-c1cccc(C(F)(F)F)c1)N1CCCC1. The molecule has 1 aromatic heterocycles. The maximum atomic E-state index is 13.3. The number of carbonyl (C=O) groups is 1. The summed E-state index contributed by atoms with van der Waals surface area (Å²) in [7, 11) is 0. The van der Waals surface area contributed by atoms with Crippen molar-refractivity contribution < 1.29 is 18.0 Å². The van der Waals surface area contributed by atoms with E-state index in [1.165, 1.54) is 17.8 Å². The van der Waals surface area contributed by atoms with E-state index in [-0.39, 0.29) is 11.7 Å². The molecule has 0 bridgehead atoms. The van der Waals surface area contributed by atoms with Crippen LogP contribution >= 0.6 is 11.8 Å². The van der Waals surface area contributed by atoms with Gasteiger partial charge in [-0.05, 0) is 36.6 Å². The van der Waals surface area contributed by atoms with Crippen molar-refractivity contribution in [3.05, 3.63) is 71.5 Å². The zero-order valence-electron chi connectivity index (χ0n) is 16.7. The van der Waals surface area contributed by atoms with Crippen LogP contribution in [0.3, 0.4) is 0 Å². The van der Waals surface area contributed by atoms with Crippen LogP contribution in [0, 0.1) is 0 Å². The van der Waals surface area contributed by atoms with Crippen molar-refractivity contribution in [3.8, 4) is 5.69 Å². The van der Waals surface area contributed by atoms with E-state index in [1.807, 2.05) is 35.2 Å². The summed E-state index contributed by atoms with van der Waals surface area (Å²) in [5.74, 6) is 0.690. The molecular formula is C22H21F3N4OS. The van der Waals surface area contributed by atoms with Crippen LogP contribution in [0.1, 0.15) is 29.8 Å². The first-order valence-electron chi connectivity index (χ1n) is 9.98. The van der Waals surface area contributed by atoms with Crippen LogP contribution in [0.15, 0.2) is 59.8 Å². The number of halogens is 3. The maximum absolute atomic E-state index is 13.3. The second kappa shape index (κ2) is 9.13. The molecular weight excluding hydrogens is 425 g/mol. The van der Waals surface area contributed by atoms with Gasteiger partial charge < -0.3 is 4.90 Å². The van der Waals surface area contributed by atoms with Crippen LogP contribution in [0.5, 0.6) is 0 Å². The highest BCUT2D eigenvalue weighted by Gasteiger charge is 2.31. The number of aromatic nitrogens is 3. The first-order chi connectivity index (χ1) is 14.9. The molecule has 3 aromatic rings. The molecule has 0 unspecified atom stereocenters. The largest absolute Gasteiger partial charge is 0.416 e. The van der Waals surface area contributed by atoms with Crippen molar-refractivity contribution >= 4 is 17.7 Å². The first kappa shape index (κ1) is 21.4. The second-order valence-electron chi connectivity index (χ2n) is 7.32. The monoisotopic (exact) mass is 446 g/mol. The molecule has 2 aromatic carbocycles. The van der Waals surface area contributed by atoms with Crippen LogP contribution in [0.2, 0.25) is 0 Å². The molecule has 0 aliphatic carbocycles. The topological polar surface area (TPSA) is 51.0 Å². The first-order valence-corrected chi connectivity index (χ1v) is 11.0. The summed E-state index contributed by atoms with van der Waals surface area (Å²) >= 11 is 1.20. The maximum Gasteiger partial charge on any atom is 0.416 e. The summed E-state index contributed by atoms with van der Waals surface area (Å²) in [5, 5.41) is 8.84. The Kier molecular flexibility index (Phi) is 6.31. The average molecular weight is 446 g/mol. The number of amides is 1. The number of nitrogens with zero attached hydrogens (tertiary/aromatic N) is 4. The number of carbonyl (C=O) groups excluding carboxylic acids is 1. The Morgan fingerprint density at radius 1 is 1.00 bits per heavy atom. The molecule has 1 aliphatic rings. The zero-order valence-corrected chi connectivity index (χ0v) is 17.5. The summed E-state index contributed by atoms with van der Waals surface area (Å²) < 4.78 is 41.5. The highest BCUT2D eigenvalue weighted by Crippen LogP contribution is 2.32. The van der Waals surface area contributed by atoms with E-state index in [0.717, 1.165) is 43.6 Å². The Morgan fingerprint density at radius 3 is 2.45 bits per heavy atom. The number of benzene rings is 2. The molecule has 0 radical (unpaired) electrons. The van der Waals surface area contributed by atoms with Crippen molar-refractivity contribution in [2.75, 3.05) is 18.8 Å². The molecule has 4 rings (SSSR count). The average Bonchev–Trinajstić information content (AvgIpc) is 3.43. The fourth-order valence-corrected chi connectivity index (χ4v) is 4.43. The van der Waals surface area contributed by atoms with Gasteiger partial charge in [0, 0.05) is 19.5 Å². The van der Waals surface area contributed by atoms with Crippen molar-refractivity contribution in [2.24, 2.45) is 0 Å². The van der Waals surface area contributed by atoms with Gasteiger partial charge in [-0.15, -0.1) is 10.2 Å². The van der Waals surface area contributed by atoms with Crippen molar-refractivity contribution in [3.63, 3.8) is 0 Å². The molecule has 1 saturated heterocycles. The van der Waals surface area contributed by atoms with Crippen molar-refractivity contribution in [1.82, 2.24) is 19.7 Å². The highest BCUT2D eigenvalue weighted by molar-refractivity contribution is 7.99. The molecule has 0 spiro atoms. The van der Waals surface area contributed by atoms with Gasteiger partial charge in [0.2, 0.25) is 5.91 Å². The molecule has 0 atom stereocenters. The smallest absolute Gasteiger partial charge is 0.342 e. The van der Waals surface area contributed by atoms with Gasteiger partial charge in [0.15, 0.2) is 5.16 Å². The number of likely N-dealkylation sites (tertiary alicyclic amines) is 1. The summed E-state index contributed by atoms with van der Waals surface area (Å²) in [5.41, 5.74) is 0.545. The molecule has 5 nitrogen and oxygen atoms in total. The number of rotatable bonds is 6. The molecule has 9 heteroatoms. The molecule has 31 heavy (non-hydrogen) atoms. The van der Waals surface area contributed by atoms with E-state index in [9.17, 15) is 18.0 Å². The second-order valence-corrected chi connectivity index (χ2v) is 8.26. The summed E-state index contributed by atoms with van der Waals surface area (Å²) in [4.78, 5) is 14.3. The Hall–Kier alpha value is -2.81. The predicted octanol–water partition coefficient (Wildman–Crippen LogP) is 4.59. The number of alkyl halides is 3. The molecule has 2 heterocycles. The third-order valence-electron chi connectivity index (χ3n) is 5.12. The number of hydrogen-bond acceptors (Lipinski definition) is 4. The fraction of sp³-hybridized carbons (Fsp3) is 0.318. The number of thioether (sulfide) groups is 1. The third-order valence-corrected chi connectivity index (χ3v) is 6.03. The lowest BCUT2D eigenvalue weighted by Gasteiger charge is -2.15. The minimum Gasteiger partial charge on any atom is -0.342 e. The zero-order chi connectivity index (χ0) is 21.8. The van der Waals surface area contributed by atoms with Gasteiger partial charge in [-0.2, -0.15) is 13.2 Å². The minimum absolute atomic E-state index is 0.00528. The van der Waals surface area contributed by atoms with Gasteiger partial charge in [-0.1, -0.05) is 48.2 Å². The molecule has 162 valence electrons. The van der Waals surface area contributed by atoms with Crippen molar-refractivity contribution in [2.45, 2.75) is 30.6 Å². The van der Waals surface area contributed by atoms with Gasteiger partial charge in [-0.25, -0.2) is 0 Å². The highest BCUT2D eigenvalue weighted by atomic mass is 32.2. The summed E-state index contributed by atoms with van der Waals surface area (Å²) in [6, 6.07) is 14.6. The van der Waals surface area contributed by atoms with E-state index in [1.54, 1.807) is 10.6 Å². The van der Waals surface area contributed by atoms with Crippen LogP contribution in [0.25, 0.3) is 5.69 Å². The van der Waals surface area contributed by atoms with E-state index < -0.39 is 11.7 Å². The standard InChI is InChI=1S/C22H21F3N4OS/c23-22(24,25)17-9-6-10-18(14-17)29-19(13-16-7-2-1-3-8-16)26-27-21(29)31-15-20(30)28-11-4-5-12-28/h1-3,6-10,14H,4-5,11-13,15H2. The predicted molar refractivity (Wildman–Crippen MR) is 112 cm³/mol. The quantitative estimate of drug-likeness (QED) is 0.520. The van der Waals surface area contributed by atoms with E-state index in [0.29, 0.717) is 23.1 Å². The third kappa shape index (κ3) is 5.10. The van der Waals surface area contributed by atoms with E-state index >= 15 is 0 Å². The minimum atomic E-state index is -4.46. The van der Waals surface area contributed by atoms with Crippen LogP contribution < -0.4 is 0 Å².